The zero-order valence-corrected chi connectivity index (χ0v) is 29.3. The predicted octanol–water partition coefficient (Wildman–Crippen LogP) is 12.2. The van der Waals surface area contributed by atoms with Crippen LogP contribution < -0.4 is 4.74 Å². The lowest BCUT2D eigenvalue weighted by atomic mass is 9.64. The monoisotopic (exact) mass is 695 g/mol. The Morgan fingerprint density at radius 3 is 2.15 bits per heavy atom. The molecule has 2 aliphatic carbocycles. The minimum Gasteiger partial charge on any atom is -0.457 e. The second-order valence-electron chi connectivity index (χ2n) is 14.1. The molecule has 0 amide bonds. The average Bonchev–Trinajstić information content (AvgIpc) is 3.75. The molecule has 3 aliphatic rings. The number of aromatic nitrogens is 3. The third-order valence-electron chi connectivity index (χ3n) is 11.4. The maximum Gasteiger partial charge on any atom is 0.180 e. The molecule has 4 nitrogen and oxygen atoms in total. The van der Waals surface area contributed by atoms with Crippen molar-refractivity contribution in [3.63, 3.8) is 0 Å². The Balaban J connectivity index is 1.21. The summed E-state index contributed by atoms with van der Waals surface area (Å²) in [5.74, 6) is 2.51. The molecule has 0 saturated carbocycles. The molecule has 1 aliphatic heterocycles. The molecule has 248 valence electrons. The van der Waals surface area contributed by atoms with Crippen molar-refractivity contribution < 1.29 is 4.74 Å². The standard InChI is InChI=1S/C48H29N3OS/c1-2-16-30-28(14-1)29-15-4-9-24-38(29)49-45(30)47-50-43-32-18-5-12-27-41(32)53-46(43)44(51-47)33-19-13-23-37-42(33)31-17-3-6-20-34(31)48(37)35-21-7-10-25-39(35)52-40-26-11-8-22-36(40)48/h1-7,9-10,12-27H,8,11H2. The summed E-state index contributed by atoms with van der Waals surface area (Å²) in [6, 6.07) is 49.8. The van der Waals surface area contributed by atoms with Gasteiger partial charge in [0.15, 0.2) is 5.82 Å². The van der Waals surface area contributed by atoms with Crippen LogP contribution in [0.2, 0.25) is 0 Å². The van der Waals surface area contributed by atoms with Gasteiger partial charge in [0.05, 0.1) is 26.8 Å². The van der Waals surface area contributed by atoms with Crippen molar-refractivity contribution >= 4 is 53.3 Å². The predicted molar refractivity (Wildman–Crippen MR) is 216 cm³/mol. The van der Waals surface area contributed by atoms with Crippen LogP contribution in [0, 0.1) is 0 Å². The Bertz CT molecular complexity index is 3120. The molecule has 6 aromatic carbocycles. The van der Waals surface area contributed by atoms with Gasteiger partial charge in [0.25, 0.3) is 0 Å². The van der Waals surface area contributed by atoms with Crippen molar-refractivity contribution in [3.05, 3.63) is 180 Å². The molecule has 3 aromatic heterocycles. The summed E-state index contributed by atoms with van der Waals surface area (Å²) in [6.07, 6.45) is 6.63. The topological polar surface area (TPSA) is 47.9 Å². The summed E-state index contributed by atoms with van der Waals surface area (Å²) >= 11 is 1.77. The van der Waals surface area contributed by atoms with Crippen LogP contribution in [0.3, 0.4) is 0 Å². The fourth-order valence-electron chi connectivity index (χ4n) is 9.28. The lowest BCUT2D eigenvalue weighted by molar-refractivity contribution is 0.383. The Kier molecular flexibility index (Phi) is 5.94. The summed E-state index contributed by atoms with van der Waals surface area (Å²) in [6.45, 7) is 0. The molecule has 5 heteroatoms. The van der Waals surface area contributed by atoms with E-state index in [0.717, 1.165) is 78.6 Å². The summed E-state index contributed by atoms with van der Waals surface area (Å²) in [5, 5.41) is 4.44. The zero-order chi connectivity index (χ0) is 34.7. The highest BCUT2D eigenvalue weighted by Crippen LogP contribution is 2.63. The van der Waals surface area contributed by atoms with Gasteiger partial charge in [0.2, 0.25) is 0 Å². The van der Waals surface area contributed by atoms with Crippen molar-refractivity contribution in [3.8, 4) is 39.7 Å². The second kappa shape index (κ2) is 10.8. The van der Waals surface area contributed by atoms with Crippen LogP contribution in [0.15, 0.2) is 163 Å². The van der Waals surface area contributed by atoms with E-state index in [0.29, 0.717) is 5.82 Å². The Morgan fingerprint density at radius 1 is 0.528 bits per heavy atom. The van der Waals surface area contributed by atoms with Crippen LogP contribution >= 0.6 is 11.3 Å². The molecule has 1 unspecified atom stereocenters. The number of hydrogen-bond acceptors (Lipinski definition) is 5. The van der Waals surface area contributed by atoms with Gasteiger partial charge in [0, 0.05) is 37.6 Å². The van der Waals surface area contributed by atoms with E-state index >= 15 is 0 Å². The summed E-state index contributed by atoms with van der Waals surface area (Å²) < 4.78 is 8.93. The molecule has 9 aromatic rings. The van der Waals surface area contributed by atoms with Crippen LogP contribution in [0.5, 0.6) is 5.75 Å². The first-order valence-electron chi connectivity index (χ1n) is 18.2. The van der Waals surface area contributed by atoms with Crippen molar-refractivity contribution in [2.75, 3.05) is 0 Å². The minimum absolute atomic E-state index is 0.520. The number of para-hydroxylation sites is 2. The van der Waals surface area contributed by atoms with E-state index in [4.69, 9.17) is 19.7 Å². The molecule has 0 bridgehead atoms. The molecule has 0 fully saturated rings. The van der Waals surface area contributed by atoms with Gasteiger partial charge in [0.1, 0.15) is 17.2 Å². The largest absolute Gasteiger partial charge is 0.457 e. The van der Waals surface area contributed by atoms with E-state index in [1.54, 1.807) is 11.3 Å². The summed E-state index contributed by atoms with van der Waals surface area (Å²) in [7, 11) is 0. The third kappa shape index (κ3) is 3.87. The van der Waals surface area contributed by atoms with E-state index in [1.165, 1.54) is 38.1 Å². The van der Waals surface area contributed by atoms with E-state index in [-0.39, 0.29) is 0 Å². The second-order valence-corrected chi connectivity index (χ2v) is 15.1. The maximum atomic E-state index is 6.66. The third-order valence-corrected chi connectivity index (χ3v) is 12.6. The highest BCUT2D eigenvalue weighted by Gasteiger charge is 2.53. The number of ether oxygens (including phenoxy) is 1. The lowest BCUT2D eigenvalue weighted by Crippen LogP contribution is -2.36. The number of rotatable bonds is 2. The van der Waals surface area contributed by atoms with Crippen molar-refractivity contribution in [2.45, 2.75) is 18.3 Å². The Hall–Kier alpha value is -6.43. The van der Waals surface area contributed by atoms with Gasteiger partial charge in [-0.25, -0.2) is 15.0 Å². The molecule has 53 heavy (non-hydrogen) atoms. The number of fused-ring (bicyclic) bond motifs is 15. The number of pyridine rings is 1. The molecular formula is C48H29N3OS. The minimum atomic E-state index is -0.520. The van der Waals surface area contributed by atoms with Crippen LogP contribution in [0.4, 0.5) is 0 Å². The van der Waals surface area contributed by atoms with Crippen LogP contribution in [0.1, 0.15) is 29.5 Å². The molecule has 1 spiro atoms. The van der Waals surface area contributed by atoms with Gasteiger partial charge in [-0.2, -0.15) is 0 Å². The fraction of sp³-hybridized carbons (Fsp3) is 0.0625. The maximum absolute atomic E-state index is 6.66. The lowest BCUT2D eigenvalue weighted by Gasteiger charge is -2.42. The van der Waals surface area contributed by atoms with Crippen LogP contribution in [-0.2, 0) is 5.41 Å². The number of allylic oxidation sites excluding steroid dienone is 3. The highest BCUT2D eigenvalue weighted by molar-refractivity contribution is 7.26. The van der Waals surface area contributed by atoms with Crippen molar-refractivity contribution in [2.24, 2.45) is 0 Å². The van der Waals surface area contributed by atoms with Gasteiger partial charge in [-0.1, -0.05) is 127 Å². The summed E-state index contributed by atoms with van der Waals surface area (Å²) in [5.41, 5.74) is 11.6. The fourth-order valence-corrected chi connectivity index (χ4v) is 10.4. The van der Waals surface area contributed by atoms with Gasteiger partial charge in [-0.3, -0.25) is 0 Å². The van der Waals surface area contributed by atoms with Crippen molar-refractivity contribution in [1.29, 1.82) is 0 Å². The Labute approximate surface area is 309 Å². The first kappa shape index (κ1) is 29.2. The highest BCUT2D eigenvalue weighted by atomic mass is 32.1. The number of benzene rings is 6. The normalized spacial score (nSPS) is 17.0. The van der Waals surface area contributed by atoms with E-state index in [1.807, 2.05) is 6.07 Å². The molecule has 4 heterocycles. The molecule has 0 saturated heterocycles. The summed E-state index contributed by atoms with van der Waals surface area (Å²) in [4.78, 5) is 16.3. The molecule has 1 atom stereocenters. The first-order chi connectivity index (χ1) is 26.3. The van der Waals surface area contributed by atoms with Crippen molar-refractivity contribution in [1.82, 2.24) is 15.0 Å². The molecular weight excluding hydrogens is 667 g/mol. The van der Waals surface area contributed by atoms with Gasteiger partial charge < -0.3 is 4.74 Å². The zero-order valence-electron chi connectivity index (χ0n) is 28.5. The smallest absolute Gasteiger partial charge is 0.180 e. The molecule has 12 rings (SSSR count). The average molecular weight is 696 g/mol. The Morgan fingerprint density at radius 2 is 1.23 bits per heavy atom. The van der Waals surface area contributed by atoms with E-state index in [9.17, 15) is 0 Å². The number of hydrogen-bond donors (Lipinski definition) is 0. The van der Waals surface area contributed by atoms with E-state index in [2.05, 4.69) is 146 Å². The molecule has 0 radical (unpaired) electrons. The molecule has 0 N–H and O–H groups in total. The van der Waals surface area contributed by atoms with Crippen LogP contribution in [-0.4, -0.2) is 15.0 Å². The SMILES string of the molecule is C1=C2Oc3ccccc3C3(C2=CCC1)c1ccccc1-c1c(-c2nc(-c4nc5ccccc5c5ccccc45)nc4c2sc2ccccc24)cccc13. The van der Waals surface area contributed by atoms with Crippen LogP contribution in [0.25, 0.3) is 75.9 Å². The van der Waals surface area contributed by atoms with E-state index < -0.39 is 5.41 Å². The first-order valence-corrected chi connectivity index (χ1v) is 19.0. The number of thiophene rings is 1. The van der Waals surface area contributed by atoms with Gasteiger partial charge >= 0.3 is 0 Å². The van der Waals surface area contributed by atoms with Gasteiger partial charge in [-0.15, -0.1) is 11.3 Å². The van der Waals surface area contributed by atoms with Gasteiger partial charge in [-0.05, 0) is 64.8 Å². The quantitative estimate of drug-likeness (QED) is 0.169. The number of nitrogens with zero attached hydrogens (tertiary/aromatic N) is 3.